The lowest BCUT2D eigenvalue weighted by molar-refractivity contribution is 0.252. The van der Waals surface area contributed by atoms with Gasteiger partial charge in [-0.25, -0.2) is 4.79 Å². The zero-order chi connectivity index (χ0) is 12.3. The summed E-state index contributed by atoms with van der Waals surface area (Å²) in [4.78, 5) is 11.4. The highest BCUT2D eigenvalue weighted by molar-refractivity contribution is 6.99. The van der Waals surface area contributed by atoms with E-state index in [0.717, 1.165) is 24.7 Å². The van der Waals surface area contributed by atoms with Crippen LogP contribution in [0.25, 0.3) is 0 Å². The summed E-state index contributed by atoms with van der Waals surface area (Å²) < 4.78 is 7.69. The van der Waals surface area contributed by atoms with E-state index in [0.29, 0.717) is 5.82 Å². The van der Waals surface area contributed by atoms with E-state index in [9.17, 15) is 4.79 Å². The molecule has 0 aromatic carbocycles. The van der Waals surface area contributed by atoms with Crippen LogP contribution in [0.4, 0.5) is 10.6 Å². The number of carbonyl (C=O) groups excluding carboxylic acids is 1. The van der Waals surface area contributed by atoms with Crippen LogP contribution in [0, 0.1) is 0 Å². The fraction of sp³-hybridized carbons (Fsp3) is 0.727. The summed E-state index contributed by atoms with van der Waals surface area (Å²) in [7, 11) is 0. The van der Waals surface area contributed by atoms with Crippen LogP contribution in [-0.2, 0) is 0 Å². The SMILES string of the molecule is CCCCCCCCNC(=O)Nc1cnsn1. The number of nitrogens with one attached hydrogen (secondary N) is 2. The lowest BCUT2D eigenvalue weighted by Gasteiger charge is -2.04. The molecule has 2 N–H and O–H groups in total. The number of anilines is 1. The number of rotatable bonds is 8. The van der Waals surface area contributed by atoms with Crippen molar-refractivity contribution in [1.29, 1.82) is 0 Å². The molecule has 0 unspecified atom stereocenters. The predicted molar refractivity (Wildman–Crippen MR) is 70.3 cm³/mol. The number of urea groups is 1. The molecule has 0 bridgehead atoms. The van der Waals surface area contributed by atoms with E-state index in [1.165, 1.54) is 38.3 Å². The number of hydrogen-bond donors (Lipinski definition) is 2. The second-order valence-corrected chi connectivity index (χ2v) is 4.50. The maximum absolute atomic E-state index is 11.4. The summed E-state index contributed by atoms with van der Waals surface area (Å²) in [6.07, 6.45) is 8.88. The van der Waals surface area contributed by atoms with Crippen molar-refractivity contribution in [2.75, 3.05) is 11.9 Å². The van der Waals surface area contributed by atoms with Crippen molar-refractivity contribution >= 4 is 23.6 Å². The number of aromatic nitrogens is 2. The summed E-state index contributed by atoms with van der Waals surface area (Å²) in [6.45, 7) is 2.93. The van der Waals surface area contributed by atoms with Crippen LogP contribution >= 0.6 is 11.7 Å². The van der Waals surface area contributed by atoms with Crippen molar-refractivity contribution in [3.63, 3.8) is 0 Å². The Balaban J connectivity index is 1.94. The maximum atomic E-state index is 11.4. The number of carbonyl (C=O) groups is 1. The van der Waals surface area contributed by atoms with Gasteiger partial charge in [0.25, 0.3) is 0 Å². The Kier molecular flexibility index (Phi) is 7.29. The molecule has 0 atom stereocenters. The first kappa shape index (κ1) is 13.9. The zero-order valence-electron chi connectivity index (χ0n) is 10.2. The molecule has 0 radical (unpaired) electrons. The molecule has 1 heterocycles. The summed E-state index contributed by atoms with van der Waals surface area (Å²) in [5.41, 5.74) is 0. The van der Waals surface area contributed by atoms with Crippen molar-refractivity contribution in [3.05, 3.63) is 6.20 Å². The summed E-state index contributed by atoms with van der Waals surface area (Å²) >= 11 is 1.08. The van der Waals surface area contributed by atoms with E-state index in [4.69, 9.17) is 0 Å². The van der Waals surface area contributed by atoms with Gasteiger partial charge in [0.15, 0.2) is 5.82 Å². The minimum absolute atomic E-state index is 0.203. The molecule has 0 aliphatic heterocycles. The van der Waals surface area contributed by atoms with E-state index in [1.54, 1.807) is 0 Å². The molecule has 0 saturated heterocycles. The van der Waals surface area contributed by atoms with Crippen LogP contribution in [0.5, 0.6) is 0 Å². The quantitative estimate of drug-likeness (QED) is 0.703. The Morgan fingerprint density at radius 2 is 2.06 bits per heavy atom. The topological polar surface area (TPSA) is 66.9 Å². The molecule has 0 aliphatic rings. The van der Waals surface area contributed by atoms with E-state index in [1.807, 2.05) is 0 Å². The van der Waals surface area contributed by atoms with Crippen molar-refractivity contribution in [3.8, 4) is 0 Å². The molecule has 0 fully saturated rings. The molecule has 1 rings (SSSR count). The summed E-state index contributed by atoms with van der Waals surface area (Å²) in [6, 6.07) is -0.203. The maximum Gasteiger partial charge on any atom is 0.320 e. The minimum Gasteiger partial charge on any atom is -0.338 e. The number of hydrogen-bond acceptors (Lipinski definition) is 4. The first-order valence-corrected chi connectivity index (χ1v) is 6.88. The van der Waals surface area contributed by atoms with Crippen molar-refractivity contribution in [1.82, 2.24) is 14.1 Å². The van der Waals surface area contributed by atoms with Gasteiger partial charge in [-0.05, 0) is 6.42 Å². The number of nitrogens with zero attached hydrogens (tertiary/aromatic N) is 2. The van der Waals surface area contributed by atoms with Crippen LogP contribution in [0.2, 0.25) is 0 Å². The van der Waals surface area contributed by atoms with Crippen LogP contribution in [0.15, 0.2) is 6.20 Å². The highest BCUT2D eigenvalue weighted by Crippen LogP contribution is 2.04. The van der Waals surface area contributed by atoms with Gasteiger partial charge in [-0.1, -0.05) is 39.0 Å². The largest absolute Gasteiger partial charge is 0.338 e. The fourth-order valence-corrected chi connectivity index (χ4v) is 1.86. The second kappa shape index (κ2) is 8.92. The Morgan fingerprint density at radius 3 is 2.76 bits per heavy atom. The van der Waals surface area contributed by atoms with Crippen LogP contribution in [0.3, 0.4) is 0 Å². The van der Waals surface area contributed by atoms with Gasteiger partial charge >= 0.3 is 6.03 Å². The summed E-state index contributed by atoms with van der Waals surface area (Å²) in [5.74, 6) is 0.510. The molecule has 1 aromatic rings. The molecule has 2 amide bonds. The first-order valence-electron chi connectivity index (χ1n) is 6.15. The van der Waals surface area contributed by atoms with Crippen LogP contribution in [-0.4, -0.2) is 21.3 Å². The number of amides is 2. The van der Waals surface area contributed by atoms with Crippen LogP contribution in [0.1, 0.15) is 45.4 Å². The normalized spacial score (nSPS) is 10.2. The molecule has 6 heteroatoms. The standard InChI is InChI=1S/C11H20N4OS/c1-2-3-4-5-6-7-8-12-11(16)14-10-9-13-17-15-10/h9H,2-8H2,1H3,(H2,12,14,15,16). The average Bonchev–Trinajstić information content (AvgIpc) is 2.80. The monoisotopic (exact) mass is 256 g/mol. The molecule has 0 aliphatic carbocycles. The molecule has 1 aromatic heterocycles. The Morgan fingerprint density at radius 1 is 1.29 bits per heavy atom. The Bertz CT molecular complexity index is 302. The molecule has 17 heavy (non-hydrogen) atoms. The minimum atomic E-state index is -0.203. The Labute approximate surface area is 106 Å². The molecule has 0 saturated carbocycles. The van der Waals surface area contributed by atoms with Gasteiger partial charge in [0.1, 0.15) is 0 Å². The summed E-state index contributed by atoms with van der Waals surface area (Å²) in [5, 5.41) is 5.42. The van der Waals surface area contributed by atoms with Crippen molar-refractivity contribution in [2.45, 2.75) is 45.4 Å². The first-order chi connectivity index (χ1) is 8.33. The third-order valence-corrected chi connectivity index (χ3v) is 2.90. The average molecular weight is 256 g/mol. The third-order valence-electron chi connectivity index (χ3n) is 2.42. The van der Waals surface area contributed by atoms with E-state index < -0.39 is 0 Å². The third kappa shape index (κ3) is 6.88. The second-order valence-electron chi connectivity index (χ2n) is 3.94. The molecule has 96 valence electrons. The number of unbranched alkanes of at least 4 members (excludes halogenated alkanes) is 5. The van der Waals surface area contributed by atoms with Gasteiger partial charge in [-0.3, -0.25) is 5.32 Å². The predicted octanol–water partition coefficient (Wildman–Crippen LogP) is 3.02. The molecule has 5 nitrogen and oxygen atoms in total. The highest BCUT2D eigenvalue weighted by atomic mass is 32.1. The van der Waals surface area contributed by atoms with Gasteiger partial charge in [-0.2, -0.15) is 8.75 Å². The lowest BCUT2D eigenvalue weighted by atomic mass is 10.1. The van der Waals surface area contributed by atoms with Gasteiger partial charge in [0.2, 0.25) is 0 Å². The molecular weight excluding hydrogens is 236 g/mol. The molecule has 0 spiro atoms. The van der Waals surface area contributed by atoms with E-state index in [-0.39, 0.29) is 6.03 Å². The van der Waals surface area contributed by atoms with E-state index >= 15 is 0 Å². The lowest BCUT2D eigenvalue weighted by Crippen LogP contribution is -2.29. The highest BCUT2D eigenvalue weighted by Gasteiger charge is 2.02. The van der Waals surface area contributed by atoms with E-state index in [2.05, 4.69) is 26.3 Å². The van der Waals surface area contributed by atoms with Gasteiger partial charge < -0.3 is 5.32 Å². The van der Waals surface area contributed by atoms with Gasteiger partial charge in [0, 0.05) is 6.54 Å². The van der Waals surface area contributed by atoms with Crippen molar-refractivity contribution < 1.29 is 4.79 Å². The smallest absolute Gasteiger partial charge is 0.320 e. The van der Waals surface area contributed by atoms with Crippen molar-refractivity contribution in [2.24, 2.45) is 0 Å². The van der Waals surface area contributed by atoms with Crippen LogP contribution < -0.4 is 10.6 Å². The van der Waals surface area contributed by atoms with Gasteiger partial charge in [0.05, 0.1) is 17.9 Å². The molecular formula is C11H20N4OS. The zero-order valence-corrected chi connectivity index (χ0v) is 11.1. The Hall–Kier alpha value is -1.17. The fourth-order valence-electron chi connectivity index (χ4n) is 1.49. The van der Waals surface area contributed by atoms with Gasteiger partial charge in [-0.15, -0.1) is 0 Å².